The first kappa shape index (κ1) is 8.89. The lowest BCUT2D eigenvalue weighted by Crippen LogP contribution is -2.85. The summed E-state index contributed by atoms with van der Waals surface area (Å²) in [5.74, 6) is 0. The van der Waals surface area contributed by atoms with Crippen LogP contribution in [0.4, 0.5) is 0 Å². The van der Waals surface area contributed by atoms with Gasteiger partial charge in [-0.2, -0.15) is 0 Å². The first-order chi connectivity index (χ1) is 5.04. The van der Waals surface area contributed by atoms with Crippen molar-refractivity contribution in [1.29, 1.82) is 0 Å². The second-order valence-electron chi connectivity index (χ2n) is 3.05. The van der Waals surface area contributed by atoms with Gasteiger partial charge in [-0.1, -0.05) is 0 Å². The fourth-order valence-electron chi connectivity index (χ4n) is 1.19. The first-order valence-corrected chi connectivity index (χ1v) is 3.71. The molecule has 0 aromatic carbocycles. The van der Waals surface area contributed by atoms with Gasteiger partial charge in [0.2, 0.25) is 6.29 Å². The third kappa shape index (κ3) is 1.52. The van der Waals surface area contributed by atoms with E-state index < -0.39 is 18.4 Å². The van der Waals surface area contributed by atoms with E-state index in [1.54, 1.807) is 6.92 Å². The molecule has 0 spiro atoms. The Kier molecular flexibility index (Phi) is 2.46. The van der Waals surface area contributed by atoms with Gasteiger partial charge in [-0.3, -0.25) is 0 Å². The molecule has 1 heterocycles. The first-order valence-electron chi connectivity index (χ1n) is 3.71. The second kappa shape index (κ2) is 3.04. The van der Waals surface area contributed by atoms with Gasteiger partial charge < -0.3 is 26.4 Å². The van der Waals surface area contributed by atoms with E-state index in [-0.39, 0.29) is 12.1 Å². The molecule has 0 radical (unpaired) electrons. The number of rotatable bonds is 0. The zero-order valence-corrected chi connectivity index (χ0v) is 6.60. The molecular formula is C6H16N2O3+2. The van der Waals surface area contributed by atoms with Gasteiger partial charge in [-0.15, -0.1) is 0 Å². The highest BCUT2D eigenvalue weighted by Gasteiger charge is 2.43. The van der Waals surface area contributed by atoms with Crippen LogP contribution in [-0.2, 0) is 4.74 Å². The molecular weight excluding hydrogens is 148 g/mol. The van der Waals surface area contributed by atoms with Crippen LogP contribution in [0.15, 0.2) is 0 Å². The molecule has 1 aliphatic rings. The van der Waals surface area contributed by atoms with Crippen LogP contribution >= 0.6 is 0 Å². The van der Waals surface area contributed by atoms with Gasteiger partial charge in [0.1, 0.15) is 12.1 Å². The van der Waals surface area contributed by atoms with Crippen molar-refractivity contribution in [3.63, 3.8) is 0 Å². The summed E-state index contributed by atoms with van der Waals surface area (Å²) in [6.45, 7) is 1.77. The molecule has 8 N–H and O–H groups in total. The van der Waals surface area contributed by atoms with E-state index in [1.807, 2.05) is 0 Å². The summed E-state index contributed by atoms with van der Waals surface area (Å²) in [5.41, 5.74) is 7.30. The molecule has 0 bridgehead atoms. The summed E-state index contributed by atoms with van der Waals surface area (Å²) in [6.07, 6.45) is -1.84. The Morgan fingerprint density at radius 2 is 1.73 bits per heavy atom. The smallest absolute Gasteiger partial charge is 0.211 e. The zero-order valence-electron chi connectivity index (χ0n) is 6.60. The predicted molar refractivity (Wildman–Crippen MR) is 35.9 cm³/mol. The fourth-order valence-corrected chi connectivity index (χ4v) is 1.19. The van der Waals surface area contributed by atoms with Crippen molar-refractivity contribution in [1.82, 2.24) is 0 Å². The van der Waals surface area contributed by atoms with Gasteiger partial charge >= 0.3 is 0 Å². The summed E-state index contributed by atoms with van der Waals surface area (Å²) < 4.78 is 5.05. The van der Waals surface area contributed by atoms with E-state index in [0.717, 1.165) is 0 Å². The molecule has 1 saturated heterocycles. The van der Waals surface area contributed by atoms with Crippen molar-refractivity contribution in [2.24, 2.45) is 0 Å². The molecule has 0 amide bonds. The van der Waals surface area contributed by atoms with Crippen molar-refractivity contribution < 1.29 is 26.4 Å². The van der Waals surface area contributed by atoms with E-state index in [1.165, 1.54) is 0 Å². The van der Waals surface area contributed by atoms with Crippen LogP contribution in [-0.4, -0.2) is 40.8 Å². The topological polar surface area (TPSA) is 105 Å². The largest absolute Gasteiger partial charge is 0.381 e. The summed E-state index contributed by atoms with van der Waals surface area (Å²) in [6, 6.07) is -0.699. The van der Waals surface area contributed by atoms with Crippen LogP contribution in [0.3, 0.4) is 0 Å². The van der Waals surface area contributed by atoms with Gasteiger partial charge in [0, 0.05) is 0 Å². The monoisotopic (exact) mass is 164 g/mol. The summed E-state index contributed by atoms with van der Waals surface area (Å²) in [7, 11) is 0. The molecule has 0 aliphatic carbocycles. The number of ether oxygens (including phenoxy) is 1. The Morgan fingerprint density at radius 3 is 2.27 bits per heavy atom. The maximum Gasteiger partial charge on any atom is 0.211 e. The minimum absolute atomic E-state index is 0.208. The average molecular weight is 164 g/mol. The predicted octanol–water partition coefficient (Wildman–Crippen LogP) is -3.69. The van der Waals surface area contributed by atoms with Gasteiger partial charge in [-0.05, 0) is 6.92 Å². The van der Waals surface area contributed by atoms with E-state index in [4.69, 9.17) is 9.84 Å². The fraction of sp³-hybridized carbons (Fsp3) is 1.00. The minimum Gasteiger partial charge on any atom is -0.381 e. The van der Waals surface area contributed by atoms with Crippen LogP contribution in [0.1, 0.15) is 6.92 Å². The molecule has 0 aromatic rings. The summed E-state index contributed by atoms with van der Waals surface area (Å²) in [5, 5.41) is 18.6. The molecule has 1 rings (SSSR count). The van der Waals surface area contributed by atoms with Gasteiger partial charge in [-0.25, -0.2) is 0 Å². The van der Waals surface area contributed by atoms with Gasteiger partial charge in [0.25, 0.3) is 0 Å². The SMILES string of the molecule is C[C@H]1OC(O)[C@H]([NH3+])[C@@H](O)[C@@H]1[NH3+]. The molecule has 0 aromatic heterocycles. The number of hydrogen-bond donors (Lipinski definition) is 4. The van der Waals surface area contributed by atoms with E-state index >= 15 is 0 Å². The van der Waals surface area contributed by atoms with Crippen LogP contribution in [0.2, 0.25) is 0 Å². The van der Waals surface area contributed by atoms with E-state index in [9.17, 15) is 5.11 Å². The lowest BCUT2D eigenvalue weighted by Gasteiger charge is -2.33. The highest BCUT2D eigenvalue weighted by molar-refractivity contribution is 4.84. The summed E-state index contributed by atoms with van der Waals surface area (Å²) >= 11 is 0. The molecule has 1 aliphatic heterocycles. The Morgan fingerprint density at radius 1 is 1.18 bits per heavy atom. The second-order valence-corrected chi connectivity index (χ2v) is 3.05. The molecule has 0 saturated carbocycles. The molecule has 66 valence electrons. The van der Waals surface area contributed by atoms with Crippen LogP contribution in [0.25, 0.3) is 0 Å². The molecule has 5 atom stereocenters. The molecule has 1 unspecified atom stereocenters. The standard InChI is InChI=1S/C6H14N2O3/c1-2-3(7)5(9)4(8)6(10)11-2/h2-6,9-10H,7-8H2,1H3/p+2/t2-,3-,4-,5+,6?/m1/s1. The highest BCUT2D eigenvalue weighted by atomic mass is 16.6. The van der Waals surface area contributed by atoms with Crippen molar-refractivity contribution >= 4 is 0 Å². The average Bonchev–Trinajstić information content (AvgIpc) is 1.97. The normalized spacial score (nSPS) is 52.6. The van der Waals surface area contributed by atoms with Crippen LogP contribution in [0, 0.1) is 0 Å². The maximum absolute atomic E-state index is 9.42. The third-order valence-electron chi connectivity index (χ3n) is 2.20. The Hall–Kier alpha value is -0.200. The molecule has 5 nitrogen and oxygen atoms in total. The van der Waals surface area contributed by atoms with Crippen LogP contribution in [0.5, 0.6) is 0 Å². The van der Waals surface area contributed by atoms with Crippen molar-refractivity contribution in [3.8, 4) is 0 Å². The lowest BCUT2D eigenvalue weighted by atomic mass is 9.97. The molecule has 5 heteroatoms. The highest BCUT2D eigenvalue weighted by Crippen LogP contribution is 2.13. The number of aliphatic hydroxyl groups is 2. The lowest BCUT2D eigenvalue weighted by molar-refractivity contribution is -0.546. The van der Waals surface area contributed by atoms with E-state index in [0.29, 0.717) is 0 Å². The van der Waals surface area contributed by atoms with Crippen molar-refractivity contribution in [3.05, 3.63) is 0 Å². The van der Waals surface area contributed by atoms with Gasteiger partial charge in [0.05, 0.1) is 0 Å². The van der Waals surface area contributed by atoms with Crippen LogP contribution < -0.4 is 11.5 Å². The van der Waals surface area contributed by atoms with Crippen molar-refractivity contribution in [2.45, 2.75) is 37.5 Å². The molecule has 11 heavy (non-hydrogen) atoms. The van der Waals surface area contributed by atoms with Gasteiger partial charge in [0.15, 0.2) is 12.1 Å². The number of quaternary nitrogens is 2. The Bertz CT molecular complexity index is 130. The third-order valence-corrected chi connectivity index (χ3v) is 2.20. The number of hydrogen-bond acceptors (Lipinski definition) is 3. The number of aliphatic hydroxyl groups excluding tert-OH is 2. The van der Waals surface area contributed by atoms with E-state index in [2.05, 4.69) is 11.5 Å². The Labute approximate surface area is 64.9 Å². The quantitative estimate of drug-likeness (QED) is 0.296. The van der Waals surface area contributed by atoms with Crippen molar-refractivity contribution in [2.75, 3.05) is 0 Å². The summed E-state index contributed by atoms with van der Waals surface area (Å²) in [4.78, 5) is 0. The Balaban J connectivity index is 2.63. The maximum atomic E-state index is 9.42. The minimum atomic E-state index is -0.960. The molecule has 1 fully saturated rings. The zero-order chi connectivity index (χ0) is 8.59.